The van der Waals surface area contributed by atoms with Crippen LogP contribution in [0.1, 0.15) is 48.5 Å². The maximum Gasteiger partial charge on any atom is 0.336 e. The number of halogens is 1. The molecular weight excluding hydrogens is 314 g/mol. The Morgan fingerprint density at radius 3 is 2.43 bits per heavy atom. The fraction of sp³-hybridized carbons (Fsp3) is 0.500. The van der Waals surface area contributed by atoms with Gasteiger partial charge < -0.3 is 5.11 Å². The van der Waals surface area contributed by atoms with Gasteiger partial charge in [-0.25, -0.2) is 17.9 Å². The first-order valence-corrected chi connectivity index (χ1v) is 8.58. The summed E-state index contributed by atoms with van der Waals surface area (Å²) in [6.07, 6.45) is 3.51. The summed E-state index contributed by atoms with van der Waals surface area (Å²) < 4.78 is 27.9. The normalized spacial score (nSPS) is 17.9. The summed E-state index contributed by atoms with van der Waals surface area (Å²) in [5.74, 6) is -1.20. The third-order valence-corrected chi connectivity index (χ3v) is 5.92. The van der Waals surface area contributed by atoms with E-state index in [4.69, 9.17) is 16.7 Å². The SMILES string of the molecule is Cc1c(C(=O)O)cc(Cl)cc1S(=O)(=O)NC1(C)CCCC1. The van der Waals surface area contributed by atoms with Crippen LogP contribution in [0.3, 0.4) is 0 Å². The molecule has 1 saturated carbocycles. The van der Waals surface area contributed by atoms with Crippen LogP contribution < -0.4 is 4.72 Å². The minimum atomic E-state index is -3.81. The van der Waals surface area contributed by atoms with Crippen molar-refractivity contribution in [2.45, 2.75) is 50.0 Å². The number of hydrogen-bond donors (Lipinski definition) is 2. The average Bonchev–Trinajstić information content (AvgIpc) is 2.76. The highest BCUT2D eigenvalue weighted by atomic mass is 35.5. The molecule has 0 saturated heterocycles. The largest absolute Gasteiger partial charge is 0.478 e. The lowest BCUT2D eigenvalue weighted by Crippen LogP contribution is -2.43. The maximum absolute atomic E-state index is 12.6. The Morgan fingerprint density at radius 1 is 1.33 bits per heavy atom. The number of carboxylic acids is 1. The van der Waals surface area contributed by atoms with E-state index < -0.39 is 21.5 Å². The predicted molar refractivity (Wildman–Crippen MR) is 80.3 cm³/mol. The first-order chi connectivity index (χ1) is 9.65. The Bertz CT molecular complexity index is 678. The standard InChI is InChI=1S/C14H18ClNO4S/c1-9-11(13(17)18)7-10(15)8-12(9)21(19,20)16-14(2)5-3-4-6-14/h7-8,16H,3-6H2,1-2H3,(H,17,18). The van der Waals surface area contributed by atoms with Gasteiger partial charge in [0.05, 0.1) is 10.5 Å². The van der Waals surface area contributed by atoms with Gasteiger partial charge in [-0.05, 0) is 44.4 Å². The second kappa shape index (κ2) is 5.59. The number of hydrogen-bond acceptors (Lipinski definition) is 3. The summed E-state index contributed by atoms with van der Waals surface area (Å²) in [4.78, 5) is 11.1. The molecule has 0 atom stereocenters. The molecule has 0 aliphatic heterocycles. The predicted octanol–water partition coefficient (Wildman–Crippen LogP) is 2.96. The topological polar surface area (TPSA) is 83.5 Å². The van der Waals surface area contributed by atoms with Gasteiger partial charge in [0.2, 0.25) is 10.0 Å². The monoisotopic (exact) mass is 331 g/mol. The maximum atomic E-state index is 12.6. The van der Waals surface area contributed by atoms with E-state index in [1.165, 1.54) is 19.1 Å². The molecule has 0 unspecified atom stereocenters. The molecule has 2 N–H and O–H groups in total. The van der Waals surface area contributed by atoms with E-state index in [1.807, 2.05) is 6.92 Å². The Labute approximate surface area is 129 Å². The van der Waals surface area contributed by atoms with Crippen molar-refractivity contribution in [2.75, 3.05) is 0 Å². The van der Waals surface area contributed by atoms with Gasteiger partial charge in [-0.15, -0.1) is 0 Å². The van der Waals surface area contributed by atoms with Crippen LogP contribution in [-0.4, -0.2) is 25.0 Å². The molecule has 1 aromatic rings. The third-order valence-electron chi connectivity index (χ3n) is 3.93. The van der Waals surface area contributed by atoms with Gasteiger partial charge in [0, 0.05) is 10.6 Å². The van der Waals surface area contributed by atoms with Crippen molar-refractivity contribution in [2.24, 2.45) is 0 Å². The highest BCUT2D eigenvalue weighted by Gasteiger charge is 2.34. The van der Waals surface area contributed by atoms with Crippen LogP contribution in [0.25, 0.3) is 0 Å². The van der Waals surface area contributed by atoms with E-state index in [2.05, 4.69) is 4.72 Å². The molecule has 1 aliphatic rings. The number of sulfonamides is 1. The molecular formula is C14H18ClNO4S. The molecule has 1 fully saturated rings. The van der Waals surface area contributed by atoms with E-state index in [0.29, 0.717) is 0 Å². The van der Waals surface area contributed by atoms with Crippen molar-refractivity contribution in [1.82, 2.24) is 4.72 Å². The van der Waals surface area contributed by atoms with Gasteiger partial charge in [0.25, 0.3) is 0 Å². The van der Waals surface area contributed by atoms with E-state index in [0.717, 1.165) is 25.7 Å². The number of carbonyl (C=O) groups is 1. The fourth-order valence-corrected chi connectivity index (χ4v) is 4.83. The molecule has 5 nitrogen and oxygen atoms in total. The van der Waals surface area contributed by atoms with E-state index in [1.54, 1.807) is 0 Å². The molecule has 0 amide bonds. The number of benzene rings is 1. The lowest BCUT2D eigenvalue weighted by atomic mass is 10.0. The van der Waals surface area contributed by atoms with Crippen LogP contribution in [0, 0.1) is 6.92 Å². The third kappa shape index (κ3) is 3.39. The zero-order valence-corrected chi connectivity index (χ0v) is 13.5. The van der Waals surface area contributed by atoms with Crippen molar-refractivity contribution in [3.63, 3.8) is 0 Å². The molecule has 0 radical (unpaired) electrons. The van der Waals surface area contributed by atoms with Crippen molar-refractivity contribution < 1.29 is 18.3 Å². The van der Waals surface area contributed by atoms with E-state index >= 15 is 0 Å². The second-order valence-corrected chi connectivity index (χ2v) is 7.84. The first kappa shape index (κ1) is 16.3. The van der Waals surface area contributed by atoms with Crippen LogP contribution in [0.5, 0.6) is 0 Å². The van der Waals surface area contributed by atoms with Crippen LogP contribution in [0.2, 0.25) is 5.02 Å². The molecule has 0 bridgehead atoms. The van der Waals surface area contributed by atoms with Crippen molar-refractivity contribution in [3.05, 3.63) is 28.3 Å². The van der Waals surface area contributed by atoms with Crippen molar-refractivity contribution in [1.29, 1.82) is 0 Å². The highest BCUT2D eigenvalue weighted by Crippen LogP contribution is 2.32. The van der Waals surface area contributed by atoms with Crippen LogP contribution in [-0.2, 0) is 10.0 Å². The average molecular weight is 332 g/mol. The molecule has 21 heavy (non-hydrogen) atoms. The molecule has 0 heterocycles. The van der Waals surface area contributed by atoms with Gasteiger partial charge in [0.1, 0.15) is 0 Å². The van der Waals surface area contributed by atoms with Crippen molar-refractivity contribution in [3.8, 4) is 0 Å². The number of carboxylic acid groups (broad SMARTS) is 1. The van der Waals surface area contributed by atoms with Crippen molar-refractivity contribution >= 4 is 27.6 Å². The van der Waals surface area contributed by atoms with Crippen LogP contribution >= 0.6 is 11.6 Å². The van der Waals surface area contributed by atoms with Crippen LogP contribution in [0.4, 0.5) is 0 Å². The van der Waals surface area contributed by atoms with Gasteiger partial charge >= 0.3 is 5.97 Å². The number of nitrogens with one attached hydrogen (secondary N) is 1. The molecule has 1 aromatic carbocycles. The minimum absolute atomic E-state index is 0.0690. The molecule has 0 aromatic heterocycles. The number of aromatic carboxylic acids is 1. The highest BCUT2D eigenvalue weighted by molar-refractivity contribution is 7.89. The second-order valence-electron chi connectivity index (χ2n) is 5.75. The smallest absolute Gasteiger partial charge is 0.336 e. The molecule has 1 aliphatic carbocycles. The van der Waals surface area contributed by atoms with Gasteiger partial charge in [0.15, 0.2) is 0 Å². The summed E-state index contributed by atoms with van der Waals surface area (Å²) in [5, 5.41) is 9.23. The lowest BCUT2D eigenvalue weighted by molar-refractivity contribution is 0.0696. The van der Waals surface area contributed by atoms with E-state index in [-0.39, 0.29) is 21.0 Å². The quantitative estimate of drug-likeness (QED) is 0.888. The molecule has 0 spiro atoms. The molecule has 2 rings (SSSR count). The summed E-state index contributed by atoms with van der Waals surface area (Å²) in [6, 6.07) is 2.56. The Kier molecular flexibility index (Phi) is 4.33. The van der Waals surface area contributed by atoms with Gasteiger partial charge in [-0.2, -0.15) is 0 Å². The zero-order valence-electron chi connectivity index (χ0n) is 11.9. The summed E-state index contributed by atoms with van der Waals surface area (Å²) in [5.41, 5.74) is -0.378. The minimum Gasteiger partial charge on any atom is -0.478 e. The van der Waals surface area contributed by atoms with Gasteiger partial charge in [-0.3, -0.25) is 0 Å². The first-order valence-electron chi connectivity index (χ1n) is 6.72. The van der Waals surface area contributed by atoms with E-state index in [9.17, 15) is 13.2 Å². The van der Waals surface area contributed by atoms with Crippen LogP contribution in [0.15, 0.2) is 17.0 Å². The summed E-state index contributed by atoms with van der Waals surface area (Å²) in [6.45, 7) is 3.35. The van der Waals surface area contributed by atoms with Gasteiger partial charge in [-0.1, -0.05) is 24.4 Å². The zero-order chi connectivity index (χ0) is 15.8. The lowest BCUT2D eigenvalue weighted by Gasteiger charge is -2.25. The Hall–Kier alpha value is -1.11. The Morgan fingerprint density at radius 2 is 1.90 bits per heavy atom. The Balaban J connectivity index is 2.47. The number of rotatable bonds is 4. The fourth-order valence-electron chi connectivity index (χ4n) is 2.79. The molecule has 116 valence electrons. The summed E-state index contributed by atoms with van der Waals surface area (Å²) >= 11 is 5.87. The summed E-state index contributed by atoms with van der Waals surface area (Å²) in [7, 11) is -3.81. The molecule has 7 heteroatoms.